The van der Waals surface area contributed by atoms with Gasteiger partial charge in [0, 0.05) is 13.1 Å². The van der Waals surface area contributed by atoms with Gasteiger partial charge in [0.25, 0.3) is 0 Å². The topological polar surface area (TPSA) is 59.3 Å². The summed E-state index contributed by atoms with van der Waals surface area (Å²) >= 11 is 0. The Kier molecular flexibility index (Phi) is 7.35. The summed E-state index contributed by atoms with van der Waals surface area (Å²) in [5, 5.41) is 6.46. The molecule has 0 atom stereocenters. The summed E-state index contributed by atoms with van der Waals surface area (Å²) in [6.07, 6.45) is 0. The molecule has 3 rings (SSSR count). The minimum absolute atomic E-state index is 0. The molecule has 1 heterocycles. The molecule has 24 heavy (non-hydrogen) atoms. The first kappa shape index (κ1) is 20.1. The Morgan fingerprint density at radius 3 is 2.38 bits per heavy atom. The second kappa shape index (κ2) is 8.78. The summed E-state index contributed by atoms with van der Waals surface area (Å²) in [7, 11) is 0. The highest BCUT2D eigenvalue weighted by Gasteiger charge is 2.14. The number of nitrogens with one attached hydrogen (secondary N) is 2. The molecule has 7 heteroatoms. The Bertz CT molecular complexity index is 720. The zero-order chi connectivity index (χ0) is 15.5. The van der Waals surface area contributed by atoms with Crippen molar-refractivity contribution in [3.05, 3.63) is 71.0 Å². The van der Waals surface area contributed by atoms with Crippen LogP contribution >= 0.6 is 24.8 Å². The fourth-order valence-corrected chi connectivity index (χ4v) is 2.28. The molecule has 2 aromatic carbocycles. The van der Waals surface area contributed by atoms with E-state index in [0.29, 0.717) is 24.7 Å². The molecule has 0 unspecified atom stereocenters. The number of hydrogen-bond acceptors (Lipinski definition) is 4. The zero-order valence-electron chi connectivity index (χ0n) is 13.1. The van der Waals surface area contributed by atoms with Crippen LogP contribution in [-0.4, -0.2) is 0 Å². The first-order chi connectivity index (χ1) is 10.6. The lowest BCUT2D eigenvalue weighted by Crippen LogP contribution is -2.19. The fraction of sp³-hybridized carbons (Fsp3) is 0.176. The monoisotopic (exact) mass is 371 g/mol. The molecule has 0 amide bonds. The van der Waals surface area contributed by atoms with Crippen LogP contribution in [0.15, 0.2) is 54.0 Å². The van der Waals surface area contributed by atoms with Crippen LogP contribution in [0.4, 0.5) is 10.1 Å². The van der Waals surface area contributed by atoms with Crippen molar-refractivity contribution in [1.29, 1.82) is 0 Å². The molecular weight excluding hydrogens is 352 g/mol. The van der Waals surface area contributed by atoms with Crippen LogP contribution in [0.3, 0.4) is 0 Å². The van der Waals surface area contributed by atoms with E-state index in [0.717, 1.165) is 22.6 Å². The van der Waals surface area contributed by atoms with Crippen LogP contribution in [0.5, 0.6) is 5.75 Å². The summed E-state index contributed by atoms with van der Waals surface area (Å²) < 4.78 is 18.5. The molecule has 0 radical (unpaired) electrons. The predicted molar refractivity (Wildman–Crippen MR) is 99.0 cm³/mol. The van der Waals surface area contributed by atoms with Crippen LogP contribution in [0.25, 0.3) is 0 Å². The maximum Gasteiger partial charge on any atom is 0.150 e. The van der Waals surface area contributed by atoms with E-state index in [4.69, 9.17) is 10.5 Å². The Hall–Kier alpha value is -1.95. The van der Waals surface area contributed by atoms with Gasteiger partial charge in [-0.25, -0.2) is 4.39 Å². The van der Waals surface area contributed by atoms with E-state index in [-0.39, 0.29) is 30.6 Å². The van der Waals surface area contributed by atoms with Crippen LogP contribution in [-0.2, 0) is 13.1 Å². The molecule has 0 bridgehead atoms. The molecule has 0 aromatic heterocycles. The van der Waals surface area contributed by atoms with Gasteiger partial charge in [0.2, 0.25) is 0 Å². The Morgan fingerprint density at radius 1 is 1.04 bits per heavy atom. The summed E-state index contributed by atoms with van der Waals surface area (Å²) in [6, 6.07) is 12.4. The summed E-state index contributed by atoms with van der Waals surface area (Å²) in [6.45, 7) is 3.21. The van der Waals surface area contributed by atoms with E-state index in [1.54, 1.807) is 12.1 Å². The molecule has 0 saturated heterocycles. The lowest BCUT2D eigenvalue weighted by atomic mass is 10.1. The number of anilines is 1. The molecule has 1 aliphatic rings. The first-order valence-electron chi connectivity index (χ1n) is 7.11. The molecule has 0 spiro atoms. The molecule has 4 nitrogen and oxygen atoms in total. The number of hydrogen-bond donors (Lipinski definition) is 3. The molecule has 130 valence electrons. The molecular formula is C17H20Cl2FN3O. The van der Waals surface area contributed by atoms with Gasteiger partial charge in [-0.2, -0.15) is 0 Å². The Labute approximate surface area is 153 Å². The van der Waals surface area contributed by atoms with E-state index < -0.39 is 0 Å². The van der Waals surface area contributed by atoms with E-state index >= 15 is 0 Å². The maximum absolute atomic E-state index is 12.8. The van der Waals surface area contributed by atoms with Gasteiger partial charge in [0.05, 0.1) is 5.69 Å². The largest absolute Gasteiger partial charge is 0.456 e. The number of ether oxygens (including phenoxy) is 1. The van der Waals surface area contributed by atoms with Crippen molar-refractivity contribution in [2.24, 2.45) is 5.73 Å². The molecule has 0 saturated carbocycles. The minimum atomic E-state index is -0.217. The molecule has 0 fully saturated rings. The number of halogens is 3. The van der Waals surface area contributed by atoms with Gasteiger partial charge < -0.3 is 21.1 Å². The van der Waals surface area contributed by atoms with Crippen molar-refractivity contribution in [2.45, 2.75) is 20.0 Å². The number of fused-ring (bicyclic) bond motifs is 1. The number of nitrogens with two attached hydrogens (primary N) is 1. The average Bonchev–Trinajstić information content (AvgIpc) is 2.51. The van der Waals surface area contributed by atoms with E-state index in [1.165, 1.54) is 12.1 Å². The van der Waals surface area contributed by atoms with Crippen LogP contribution in [0.1, 0.15) is 18.1 Å². The lowest BCUT2D eigenvalue weighted by Gasteiger charge is -2.21. The van der Waals surface area contributed by atoms with Gasteiger partial charge in [-0.3, -0.25) is 0 Å². The van der Waals surface area contributed by atoms with Gasteiger partial charge in [-0.05, 0) is 42.3 Å². The molecule has 1 aliphatic heterocycles. The number of allylic oxidation sites excluding steroid dienone is 1. The third kappa shape index (κ3) is 4.77. The second-order valence-corrected chi connectivity index (χ2v) is 5.26. The van der Waals surface area contributed by atoms with Crippen molar-refractivity contribution in [3.63, 3.8) is 0 Å². The average molecular weight is 372 g/mol. The second-order valence-electron chi connectivity index (χ2n) is 5.26. The van der Waals surface area contributed by atoms with Crippen LogP contribution in [0, 0.1) is 5.82 Å². The predicted octanol–water partition coefficient (Wildman–Crippen LogP) is 3.91. The molecule has 0 aliphatic carbocycles. The molecule has 2 aromatic rings. The summed E-state index contributed by atoms with van der Waals surface area (Å²) in [5.74, 6) is 1.76. The third-order valence-electron chi connectivity index (χ3n) is 3.53. The van der Waals surface area contributed by atoms with Gasteiger partial charge in [-0.1, -0.05) is 18.2 Å². The van der Waals surface area contributed by atoms with E-state index in [9.17, 15) is 4.39 Å². The van der Waals surface area contributed by atoms with Crippen LogP contribution in [0.2, 0.25) is 0 Å². The quantitative estimate of drug-likeness (QED) is 0.762. The smallest absolute Gasteiger partial charge is 0.150 e. The first-order valence-corrected chi connectivity index (χ1v) is 7.11. The minimum Gasteiger partial charge on any atom is -0.456 e. The molecule has 4 N–H and O–H groups in total. The Morgan fingerprint density at radius 2 is 1.67 bits per heavy atom. The van der Waals surface area contributed by atoms with Crippen molar-refractivity contribution >= 4 is 30.5 Å². The summed E-state index contributed by atoms with van der Waals surface area (Å²) in [5.41, 5.74) is 8.85. The van der Waals surface area contributed by atoms with Crippen molar-refractivity contribution in [3.8, 4) is 5.75 Å². The van der Waals surface area contributed by atoms with Crippen molar-refractivity contribution < 1.29 is 9.13 Å². The van der Waals surface area contributed by atoms with Gasteiger partial charge in [0.1, 0.15) is 17.4 Å². The van der Waals surface area contributed by atoms with Crippen molar-refractivity contribution in [1.82, 2.24) is 5.32 Å². The summed E-state index contributed by atoms with van der Waals surface area (Å²) in [4.78, 5) is 0. The van der Waals surface area contributed by atoms with Gasteiger partial charge in [0.15, 0.2) is 5.75 Å². The number of benzene rings is 2. The van der Waals surface area contributed by atoms with E-state index in [2.05, 4.69) is 10.6 Å². The number of rotatable bonds is 4. The lowest BCUT2D eigenvalue weighted by molar-refractivity contribution is 0.415. The highest BCUT2D eigenvalue weighted by molar-refractivity contribution is 5.85. The standard InChI is InChI=1S/C17H18FN3O.2ClH/c1-11-17(19)21-15-8-13(4-7-16(15)22-11)10-20-9-12-2-5-14(18)6-3-12;;/h2-8,20-21H,9-10,19H2,1H3;2*1H. The highest BCUT2D eigenvalue weighted by atomic mass is 35.5. The zero-order valence-corrected chi connectivity index (χ0v) is 14.8. The van der Waals surface area contributed by atoms with Crippen LogP contribution < -0.4 is 21.1 Å². The normalized spacial score (nSPS) is 12.2. The third-order valence-corrected chi connectivity index (χ3v) is 3.53. The fourth-order valence-electron chi connectivity index (χ4n) is 2.28. The van der Waals surface area contributed by atoms with Crippen molar-refractivity contribution in [2.75, 3.05) is 5.32 Å². The highest BCUT2D eigenvalue weighted by Crippen LogP contribution is 2.31. The van der Waals surface area contributed by atoms with Gasteiger partial charge in [-0.15, -0.1) is 24.8 Å². The maximum atomic E-state index is 12.8. The van der Waals surface area contributed by atoms with Gasteiger partial charge >= 0.3 is 0 Å². The SMILES string of the molecule is CC1=C(N)Nc2cc(CNCc3ccc(F)cc3)ccc2O1.Cl.Cl. The van der Waals surface area contributed by atoms with E-state index in [1.807, 2.05) is 25.1 Å². The Balaban J connectivity index is 0.00000144.